The van der Waals surface area contributed by atoms with Crippen LogP contribution in [0.3, 0.4) is 0 Å². The Balaban J connectivity index is 1.75. The monoisotopic (exact) mass is 289 g/mol. The highest BCUT2D eigenvalue weighted by Gasteiger charge is 2.31. The fraction of sp³-hybridized carbons (Fsp3) is 0.667. The van der Waals surface area contributed by atoms with Crippen molar-refractivity contribution in [1.29, 1.82) is 0 Å². The van der Waals surface area contributed by atoms with E-state index in [1.165, 1.54) is 44.9 Å². The summed E-state index contributed by atoms with van der Waals surface area (Å²) in [5.74, 6) is 0. The lowest BCUT2D eigenvalue weighted by atomic mass is 9.87. The van der Waals surface area contributed by atoms with Gasteiger partial charge in [0, 0.05) is 16.5 Å². The Hall–Kier alpha value is -0.470. The number of aryl methyl sites for hydroxylation is 1. The highest BCUT2D eigenvalue weighted by atomic mass is 32.2. The second-order valence-electron chi connectivity index (χ2n) is 6.25. The molecule has 0 heterocycles. The fourth-order valence-electron chi connectivity index (χ4n) is 3.69. The SMILES string of the molecule is CCCNC1c2ccccc2CCC1SC1CCCC1. The third-order valence-corrected chi connectivity index (χ3v) is 6.46. The van der Waals surface area contributed by atoms with Crippen LogP contribution in [0.1, 0.15) is 62.6 Å². The first kappa shape index (κ1) is 14.5. The molecule has 2 aliphatic rings. The van der Waals surface area contributed by atoms with Crippen molar-refractivity contribution in [2.45, 2.75) is 68.4 Å². The zero-order valence-electron chi connectivity index (χ0n) is 12.6. The Bertz CT molecular complexity index is 425. The van der Waals surface area contributed by atoms with Gasteiger partial charge in [0.25, 0.3) is 0 Å². The first-order valence-electron chi connectivity index (χ1n) is 8.35. The molecule has 3 rings (SSSR count). The van der Waals surface area contributed by atoms with Gasteiger partial charge in [-0.1, -0.05) is 44.0 Å². The summed E-state index contributed by atoms with van der Waals surface area (Å²) in [4.78, 5) is 0. The second kappa shape index (κ2) is 7.00. The number of hydrogen-bond acceptors (Lipinski definition) is 2. The van der Waals surface area contributed by atoms with E-state index in [1.54, 1.807) is 11.1 Å². The van der Waals surface area contributed by atoms with Crippen LogP contribution in [0.4, 0.5) is 0 Å². The lowest BCUT2D eigenvalue weighted by molar-refractivity contribution is 0.471. The Morgan fingerprint density at radius 3 is 2.75 bits per heavy atom. The Kier molecular flexibility index (Phi) is 5.06. The molecule has 0 aromatic heterocycles. The molecule has 0 aliphatic heterocycles. The molecule has 0 amide bonds. The first-order valence-corrected chi connectivity index (χ1v) is 9.29. The number of rotatable bonds is 5. The molecule has 2 aliphatic carbocycles. The molecule has 1 N–H and O–H groups in total. The van der Waals surface area contributed by atoms with Gasteiger partial charge in [0.05, 0.1) is 0 Å². The number of nitrogens with one attached hydrogen (secondary N) is 1. The van der Waals surface area contributed by atoms with Gasteiger partial charge in [-0.3, -0.25) is 0 Å². The molecular formula is C18H27NS. The molecule has 1 nitrogen and oxygen atoms in total. The van der Waals surface area contributed by atoms with Gasteiger partial charge in [0.2, 0.25) is 0 Å². The molecule has 20 heavy (non-hydrogen) atoms. The smallest absolute Gasteiger partial charge is 0.0443 e. The van der Waals surface area contributed by atoms with Crippen molar-refractivity contribution in [3.63, 3.8) is 0 Å². The van der Waals surface area contributed by atoms with Crippen LogP contribution in [0.2, 0.25) is 0 Å². The molecule has 1 aromatic carbocycles. The van der Waals surface area contributed by atoms with E-state index in [-0.39, 0.29) is 0 Å². The van der Waals surface area contributed by atoms with E-state index in [9.17, 15) is 0 Å². The normalized spacial score (nSPS) is 26.6. The molecule has 1 saturated carbocycles. The summed E-state index contributed by atoms with van der Waals surface area (Å²) in [6.45, 7) is 3.40. The average Bonchev–Trinajstić information content (AvgIpc) is 2.99. The molecule has 2 unspecified atom stereocenters. The van der Waals surface area contributed by atoms with Gasteiger partial charge in [0.1, 0.15) is 0 Å². The quantitative estimate of drug-likeness (QED) is 0.842. The maximum atomic E-state index is 3.83. The van der Waals surface area contributed by atoms with E-state index >= 15 is 0 Å². The van der Waals surface area contributed by atoms with Gasteiger partial charge < -0.3 is 5.32 Å². The van der Waals surface area contributed by atoms with Crippen molar-refractivity contribution < 1.29 is 0 Å². The average molecular weight is 289 g/mol. The summed E-state index contributed by atoms with van der Waals surface area (Å²) in [5, 5.41) is 5.54. The second-order valence-corrected chi connectivity index (χ2v) is 7.79. The molecule has 0 radical (unpaired) electrons. The number of benzene rings is 1. The van der Waals surface area contributed by atoms with E-state index in [4.69, 9.17) is 0 Å². The summed E-state index contributed by atoms with van der Waals surface area (Å²) in [5.41, 5.74) is 3.15. The molecule has 110 valence electrons. The number of fused-ring (bicyclic) bond motifs is 1. The lowest BCUT2D eigenvalue weighted by Gasteiger charge is -2.35. The molecule has 2 heteroatoms. The zero-order valence-corrected chi connectivity index (χ0v) is 13.4. The van der Waals surface area contributed by atoms with Gasteiger partial charge in [0.15, 0.2) is 0 Å². The van der Waals surface area contributed by atoms with Gasteiger partial charge in [-0.15, -0.1) is 0 Å². The van der Waals surface area contributed by atoms with Crippen molar-refractivity contribution in [2.24, 2.45) is 0 Å². The minimum absolute atomic E-state index is 0.575. The summed E-state index contributed by atoms with van der Waals surface area (Å²) >= 11 is 2.29. The highest BCUT2D eigenvalue weighted by Crippen LogP contribution is 2.42. The Morgan fingerprint density at radius 1 is 1.15 bits per heavy atom. The molecular weight excluding hydrogens is 262 g/mol. The van der Waals surface area contributed by atoms with Gasteiger partial charge >= 0.3 is 0 Å². The minimum atomic E-state index is 0.575. The predicted molar refractivity (Wildman–Crippen MR) is 89.4 cm³/mol. The van der Waals surface area contributed by atoms with E-state index < -0.39 is 0 Å². The topological polar surface area (TPSA) is 12.0 Å². The Morgan fingerprint density at radius 2 is 1.95 bits per heavy atom. The third-order valence-electron chi connectivity index (χ3n) is 4.74. The number of thioether (sulfide) groups is 1. The fourth-order valence-corrected chi connectivity index (χ4v) is 5.44. The predicted octanol–water partition coefficient (Wildman–Crippen LogP) is 4.72. The van der Waals surface area contributed by atoms with Crippen molar-refractivity contribution in [2.75, 3.05) is 6.54 Å². The molecule has 1 fully saturated rings. The van der Waals surface area contributed by atoms with Gasteiger partial charge in [-0.25, -0.2) is 0 Å². The first-order chi connectivity index (χ1) is 9.88. The maximum Gasteiger partial charge on any atom is 0.0443 e. The van der Waals surface area contributed by atoms with E-state index in [1.807, 2.05) is 0 Å². The molecule has 0 spiro atoms. The van der Waals surface area contributed by atoms with Crippen molar-refractivity contribution in [1.82, 2.24) is 5.32 Å². The molecule has 1 aromatic rings. The summed E-state index contributed by atoms with van der Waals surface area (Å²) < 4.78 is 0. The van der Waals surface area contributed by atoms with E-state index in [2.05, 4.69) is 48.3 Å². The summed E-state index contributed by atoms with van der Waals surface area (Å²) in [7, 11) is 0. The lowest BCUT2D eigenvalue weighted by Crippen LogP contribution is -2.35. The van der Waals surface area contributed by atoms with Crippen LogP contribution in [0.5, 0.6) is 0 Å². The van der Waals surface area contributed by atoms with E-state index in [0.29, 0.717) is 6.04 Å². The van der Waals surface area contributed by atoms with Gasteiger partial charge in [-0.2, -0.15) is 11.8 Å². The van der Waals surface area contributed by atoms with E-state index in [0.717, 1.165) is 17.0 Å². The molecule has 0 bridgehead atoms. The molecule has 2 atom stereocenters. The van der Waals surface area contributed by atoms with Crippen LogP contribution in [0.15, 0.2) is 24.3 Å². The largest absolute Gasteiger partial charge is 0.309 e. The Labute approximate surface area is 127 Å². The number of hydrogen-bond donors (Lipinski definition) is 1. The van der Waals surface area contributed by atoms with Crippen LogP contribution in [-0.4, -0.2) is 17.0 Å². The summed E-state index contributed by atoms with van der Waals surface area (Å²) in [6, 6.07) is 9.66. The minimum Gasteiger partial charge on any atom is -0.309 e. The standard InChI is InChI=1S/C18H27NS/c1-2-13-19-18-16-10-6-3-7-14(16)11-12-17(18)20-15-8-4-5-9-15/h3,6-7,10,15,17-19H,2,4-5,8-9,11-13H2,1H3. The van der Waals surface area contributed by atoms with Crippen LogP contribution < -0.4 is 5.32 Å². The zero-order chi connectivity index (χ0) is 13.8. The van der Waals surface area contributed by atoms with Crippen LogP contribution >= 0.6 is 11.8 Å². The van der Waals surface area contributed by atoms with Gasteiger partial charge in [-0.05, 0) is 49.8 Å². The van der Waals surface area contributed by atoms with Crippen LogP contribution in [0, 0.1) is 0 Å². The van der Waals surface area contributed by atoms with Crippen molar-refractivity contribution >= 4 is 11.8 Å². The van der Waals surface area contributed by atoms with Crippen LogP contribution in [-0.2, 0) is 6.42 Å². The third kappa shape index (κ3) is 3.23. The summed E-state index contributed by atoms with van der Waals surface area (Å²) in [6.07, 6.45) is 9.64. The highest BCUT2D eigenvalue weighted by molar-refractivity contribution is 8.00. The van der Waals surface area contributed by atoms with Crippen molar-refractivity contribution in [3.8, 4) is 0 Å². The maximum absolute atomic E-state index is 3.83. The molecule has 0 saturated heterocycles. The van der Waals surface area contributed by atoms with Crippen molar-refractivity contribution in [3.05, 3.63) is 35.4 Å². The van der Waals surface area contributed by atoms with Crippen LogP contribution in [0.25, 0.3) is 0 Å².